The van der Waals surface area contributed by atoms with E-state index in [0.29, 0.717) is 4.57 Å². The molecule has 0 amide bonds. The summed E-state index contributed by atoms with van der Waals surface area (Å²) in [6.45, 7) is 0. The van der Waals surface area contributed by atoms with Crippen molar-refractivity contribution >= 4 is 10.9 Å². The smallest absolute Gasteiger partial charge is 0.333 e. The van der Waals surface area contributed by atoms with E-state index in [2.05, 4.69) is 4.98 Å². The van der Waals surface area contributed by atoms with Gasteiger partial charge in [0.2, 0.25) is 0 Å². The molecule has 3 aromatic rings. The fourth-order valence-electron chi connectivity index (χ4n) is 2.05. The van der Waals surface area contributed by atoms with Crippen LogP contribution in [0.3, 0.4) is 0 Å². The van der Waals surface area contributed by atoms with E-state index in [0.717, 1.165) is 6.07 Å². The van der Waals surface area contributed by atoms with Gasteiger partial charge in [0.15, 0.2) is 0 Å². The van der Waals surface area contributed by atoms with Gasteiger partial charge >= 0.3 is 5.69 Å². The van der Waals surface area contributed by atoms with Crippen LogP contribution in [0.5, 0.6) is 5.75 Å². The van der Waals surface area contributed by atoms with E-state index >= 15 is 0 Å². The molecule has 0 atom stereocenters. The van der Waals surface area contributed by atoms with Crippen LogP contribution in [0.2, 0.25) is 0 Å². The molecule has 0 fully saturated rings. The van der Waals surface area contributed by atoms with Gasteiger partial charge in [-0.1, -0.05) is 12.1 Å². The van der Waals surface area contributed by atoms with Gasteiger partial charge in [0.25, 0.3) is 5.56 Å². The first kappa shape index (κ1) is 12.2. The summed E-state index contributed by atoms with van der Waals surface area (Å²) in [6, 6.07) is 9.48. The third kappa shape index (κ3) is 1.78. The highest BCUT2D eigenvalue weighted by Gasteiger charge is 2.12. The molecule has 20 heavy (non-hydrogen) atoms. The Morgan fingerprint density at radius 2 is 1.85 bits per heavy atom. The summed E-state index contributed by atoms with van der Waals surface area (Å²) in [6.07, 6.45) is 0. The number of aromatic hydroxyl groups is 1. The van der Waals surface area contributed by atoms with Crippen molar-refractivity contribution in [2.24, 2.45) is 0 Å². The van der Waals surface area contributed by atoms with Crippen LogP contribution >= 0.6 is 0 Å². The molecule has 0 spiro atoms. The first-order valence-corrected chi connectivity index (χ1v) is 5.81. The van der Waals surface area contributed by atoms with Crippen LogP contribution in [0, 0.1) is 5.82 Å². The molecule has 6 heteroatoms. The van der Waals surface area contributed by atoms with Crippen molar-refractivity contribution in [1.82, 2.24) is 9.55 Å². The van der Waals surface area contributed by atoms with Crippen molar-refractivity contribution in [3.8, 4) is 11.4 Å². The lowest BCUT2D eigenvalue weighted by Gasteiger charge is -2.07. The van der Waals surface area contributed by atoms with Gasteiger partial charge in [-0.25, -0.2) is 13.8 Å². The zero-order valence-electron chi connectivity index (χ0n) is 10.1. The van der Waals surface area contributed by atoms with Gasteiger partial charge in [0.1, 0.15) is 11.6 Å². The highest BCUT2D eigenvalue weighted by Crippen LogP contribution is 2.15. The molecule has 5 nitrogen and oxygen atoms in total. The average molecular weight is 272 g/mol. The SMILES string of the molecule is O=c1[nH]c2ccc(O)cc2c(=O)n1-c1ccccc1F. The van der Waals surface area contributed by atoms with Crippen LogP contribution in [-0.4, -0.2) is 14.7 Å². The van der Waals surface area contributed by atoms with E-state index in [1.165, 1.54) is 36.4 Å². The lowest BCUT2D eigenvalue weighted by Crippen LogP contribution is -2.34. The third-order valence-corrected chi connectivity index (χ3v) is 2.97. The van der Waals surface area contributed by atoms with Gasteiger partial charge in [-0.2, -0.15) is 0 Å². The van der Waals surface area contributed by atoms with Gasteiger partial charge in [-0.15, -0.1) is 0 Å². The number of rotatable bonds is 1. The molecule has 1 heterocycles. The minimum absolute atomic E-state index is 0.104. The van der Waals surface area contributed by atoms with E-state index in [1.807, 2.05) is 0 Å². The van der Waals surface area contributed by atoms with Gasteiger partial charge in [-0.05, 0) is 30.3 Å². The standard InChI is InChI=1S/C14H9FN2O3/c15-10-3-1-2-4-12(10)17-13(19)9-7-8(18)5-6-11(9)16-14(17)20/h1-7,18H,(H,16,20). The van der Waals surface area contributed by atoms with Gasteiger partial charge in [0.05, 0.1) is 16.6 Å². The zero-order valence-corrected chi connectivity index (χ0v) is 10.1. The Hall–Kier alpha value is -2.89. The number of para-hydroxylation sites is 1. The highest BCUT2D eigenvalue weighted by atomic mass is 19.1. The number of benzene rings is 2. The van der Waals surface area contributed by atoms with E-state index in [4.69, 9.17) is 0 Å². The zero-order chi connectivity index (χ0) is 14.3. The minimum atomic E-state index is -0.738. The number of aromatic amines is 1. The third-order valence-electron chi connectivity index (χ3n) is 2.97. The number of nitrogens with one attached hydrogen (secondary N) is 1. The summed E-state index contributed by atoms with van der Waals surface area (Å²) in [4.78, 5) is 26.8. The van der Waals surface area contributed by atoms with Crippen molar-refractivity contribution < 1.29 is 9.50 Å². The van der Waals surface area contributed by atoms with E-state index in [1.54, 1.807) is 0 Å². The summed E-state index contributed by atoms with van der Waals surface area (Å²) in [5.41, 5.74) is -1.28. The van der Waals surface area contributed by atoms with Crippen molar-refractivity contribution in [2.75, 3.05) is 0 Å². The molecule has 0 saturated carbocycles. The number of hydrogen-bond donors (Lipinski definition) is 2. The lowest BCUT2D eigenvalue weighted by molar-refractivity contribution is 0.476. The van der Waals surface area contributed by atoms with Crippen molar-refractivity contribution in [1.29, 1.82) is 0 Å². The number of fused-ring (bicyclic) bond motifs is 1. The molecular formula is C14H9FN2O3. The fraction of sp³-hybridized carbons (Fsp3) is 0. The first-order chi connectivity index (χ1) is 9.58. The summed E-state index contributed by atoms with van der Waals surface area (Å²) in [5, 5.41) is 9.53. The summed E-state index contributed by atoms with van der Waals surface area (Å²) in [7, 11) is 0. The van der Waals surface area contributed by atoms with E-state index in [9.17, 15) is 19.1 Å². The van der Waals surface area contributed by atoms with Crippen LogP contribution < -0.4 is 11.2 Å². The monoisotopic (exact) mass is 272 g/mol. The Morgan fingerprint density at radius 1 is 1.10 bits per heavy atom. The number of hydrogen-bond acceptors (Lipinski definition) is 3. The molecule has 0 aliphatic heterocycles. The number of halogens is 1. The number of nitrogens with zero attached hydrogens (tertiary/aromatic N) is 1. The molecule has 0 radical (unpaired) electrons. The average Bonchev–Trinajstić information content (AvgIpc) is 2.42. The highest BCUT2D eigenvalue weighted by molar-refractivity contribution is 5.79. The molecule has 0 saturated heterocycles. The molecule has 1 aromatic heterocycles. The van der Waals surface area contributed by atoms with Crippen LogP contribution in [-0.2, 0) is 0 Å². The van der Waals surface area contributed by atoms with E-state index in [-0.39, 0.29) is 22.3 Å². The number of aromatic nitrogens is 2. The first-order valence-electron chi connectivity index (χ1n) is 5.81. The molecule has 100 valence electrons. The Labute approximate surface area is 111 Å². The lowest BCUT2D eigenvalue weighted by atomic mass is 10.2. The fourth-order valence-corrected chi connectivity index (χ4v) is 2.05. The quantitative estimate of drug-likeness (QED) is 0.705. The Bertz CT molecular complexity index is 928. The summed E-state index contributed by atoms with van der Waals surface area (Å²) < 4.78 is 14.5. The van der Waals surface area contributed by atoms with Gasteiger partial charge in [0, 0.05) is 0 Å². The van der Waals surface area contributed by atoms with Crippen molar-refractivity contribution in [2.45, 2.75) is 0 Å². The predicted molar refractivity (Wildman–Crippen MR) is 71.8 cm³/mol. The minimum Gasteiger partial charge on any atom is -0.508 e. The maximum absolute atomic E-state index is 13.8. The van der Waals surface area contributed by atoms with Gasteiger partial charge in [-0.3, -0.25) is 4.79 Å². The number of phenolic OH excluding ortho intramolecular Hbond substituents is 1. The second kappa shape index (κ2) is 4.34. The number of phenols is 1. The van der Waals surface area contributed by atoms with Crippen molar-refractivity contribution in [3.63, 3.8) is 0 Å². The maximum Gasteiger partial charge on any atom is 0.333 e. The topological polar surface area (TPSA) is 75.1 Å². The maximum atomic E-state index is 13.8. The molecule has 3 rings (SSSR count). The van der Waals surface area contributed by atoms with Crippen molar-refractivity contribution in [3.05, 3.63) is 69.1 Å². The summed E-state index contributed by atoms with van der Waals surface area (Å²) >= 11 is 0. The second-order valence-electron chi connectivity index (χ2n) is 4.25. The Kier molecular flexibility index (Phi) is 2.64. The van der Waals surface area contributed by atoms with Crippen LogP contribution in [0.25, 0.3) is 16.6 Å². The largest absolute Gasteiger partial charge is 0.508 e. The molecule has 2 N–H and O–H groups in total. The second-order valence-corrected chi connectivity index (χ2v) is 4.25. The molecule has 0 unspecified atom stereocenters. The molecular weight excluding hydrogens is 263 g/mol. The van der Waals surface area contributed by atoms with Crippen LogP contribution in [0.15, 0.2) is 52.1 Å². The molecule has 0 aliphatic carbocycles. The Morgan fingerprint density at radius 3 is 2.60 bits per heavy atom. The Balaban J connectivity index is 2.46. The van der Waals surface area contributed by atoms with Crippen LogP contribution in [0.4, 0.5) is 4.39 Å². The predicted octanol–water partition coefficient (Wildman–Crippen LogP) is 1.52. The summed E-state index contributed by atoms with van der Waals surface area (Å²) in [5.74, 6) is -0.790. The molecule has 0 aliphatic rings. The number of H-pyrrole nitrogens is 1. The molecule has 0 bridgehead atoms. The van der Waals surface area contributed by atoms with Gasteiger partial charge < -0.3 is 10.1 Å². The molecule has 2 aromatic carbocycles. The van der Waals surface area contributed by atoms with Crippen LogP contribution in [0.1, 0.15) is 0 Å². The van der Waals surface area contributed by atoms with E-state index < -0.39 is 17.1 Å². The normalized spacial score (nSPS) is 10.8.